The lowest BCUT2D eigenvalue weighted by Crippen LogP contribution is -2.45. The third kappa shape index (κ3) is 53.0. The standard InChI is InChI=1S/C61H107N2O6P/c1-6-8-10-12-14-16-18-20-21-22-23-24-25-26-27-28-29-30-31-32-33-34-35-36-37-38-39-40-41-43-45-47-49-51-53-55-61(65)62-59(58-69-70(66,67)68-57-56-63(3,4)5)60(64)54-52-50-48-46-44-42-19-17-15-13-11-9-7-2/h8,10,14-17,20-21,23-24,26-27,29-30,44,46,52,54,59-60,64H,6-7,9,11-13,18-19,22,25,28,31-43,45,47-51,53,55-58H2,1-5H3,(H-,62,65,66,67)/b10-8-,16-14-,17-15+,21-20-,24-23-,27-26-,30-29-,46-44+,54-52+. The Morgan fingerprint density at radius 2 is 0.886 bits per heavy atom. The maximum Gasteiger partial charge on any atom is 0.268 e. The normalized spacial score (nSPS) is 14.8. The molecule has 0 aliphatic carbocycles. The highest BCUT2D eigenvalue weighted by Crippen LogP contribution is 2.38. The molecule has 0 radical (unpaired) electrons. The van der Waals surface area contributed by atoms with Gasteiger partial charge in [-0.25, -0.2) is 0 Å². The van der Waals surface area contributed by atoms with Crippen LogP contribution in [-0.2, 0) is 18.4 Å². The molecule has 0 aromatic rings. The van der Waals surface area contributed by atoms with E-state index in [-0.39, 0.29) is 12.5 Å². The van der Waals surface area contributed by atoms with Crippen molar-refractivity contribution in [1.29, 1.82) is 0 Å². The number of likely N-dealkylation sites (N-methyl/N-ethyl adjacent to an activating group) is 1. The first kappa shape index (κ1) is 67.2. The van der Waals surface area contributed by atoms with Gasteiger partial charge in [0.2, 0.25) is 5.91 Å². The van der Waals surface area contributed by atoms with Crippen LogP contribution in [0.25, 0.3) is 0 Å². The number of allylic oxidation sites excluding steroid dienone is 17. The molecule has 0 heterocycles. The van der Waals surface area contributed by atoms with Crippen molar-refractivity contribution in [2.24, 2.45) is 0 Å². The van der Waals surface area contributed by atoms with Crippen molar-refractivity contribution in [3.63, 3.8) is 0 Å². The summed E-state index contributed by atoms with van der Waals surface area (Å²) in [6.07, 6.45) is 74.6. The Morgan fingerprint density at radius 1 is 0.514 bits per heavy atom. The van der Waals surface area contributed by atoms with Gasteiger partial charge in [0, 0.05) is 6.42 Å². The van der Waals surface area contributed by atoms with Gasteiger partial charge in [0.15, 0.2) is 0 Å². The molecule has 0 aliphatic rings. The Bertz CT molecular complexity index is 1500. The zero-order valence-electron chi connectivity index (χ0n) is 45.7. The van der Waals surface area contributed by atoms with E-state index in [4.69, 9.17) is 9.05 Å². The monoisotopic (exact) mass is 995 g/mol. The molecule has 0 aliphatic heterocycles. The highest BCUT2D eigenvalue weighted by molar-refractivity contribution is 7.45. The number of quaternary nitrogens is 1. The molecule has 0 spiro atoms. The summed E-state index contributed by atoms with van der Waals surface area (Å²) in [6.45, 7) is 4.46. The molecule has 402 valence electrons. The number of hydrogen-bond donors (Lipinski definition) is 2. The van der Waals surface area contributed by atoms with Gasteiger partial charge in [-0.15, -0.1) is 0 Å². The topological polar surface area (TPSA) is 108 Å². The second kappa shape index (κ2) is 51.1. The molecule has 0 aromatic heterocycles. The SMILES string of the molecule is CC/C=C\C/C=C\C/C=C\C/C=C\C/C=C\C/C=C\CCCCCCCCCCCCCCCCCCC(=O)NC(COP(=O)([O-])OCC[N+](C)(C)C)C(O)/C=C/CC/C=C/CC/C=C/CCCCC. The zero-order chi connectivity index (χ0) is 51.3. The van der Waals surface area contributed by atoms with Crippen LogP contribution in [-0.4, -0.2) is 68.5 Å². The lowest BCUT2D eigenvalue weighted by Gasteiger charge is -2.29. The highest BCUT2D eigenvalue weighted by Gasteiger charge is 2.23. The number of aliphatic hydroxyl groups excluding tert-OH is 1. The van der Waals surface area contributed by atoms with E-state index in [1.54, 1.807) is 6.08 Å². The summed E-state index contributed by atoms with van der Waals surface area (Å²) in [5, 5.41) is 13.8. The van der Waals surface area contributed by atoms with Crippen molar-refractivity contribution in [1.82, 2.24) is 5.32 Å². The minimum Gasteiger partial charge on any atom is -0.756 e. The van der Waals surface area contributed by atoms with Gasteiger partial charge in [-0.2, -0.15) is 0 Å². The van der Waals surface area contributed by atoms with Crippen LogP contribution in [0.2, 0.25) is 0 Å². The number of rotatable bonds is 50. The maximum absolute atomic E-state index is 12.9. The third-order valence-corrected chi connectivity index (χ3v) is 12.9. The summed E-state index contributed by atoms with van der Waals surface area (Å²) in [5.41, 5.74) is 0. The van der Waals surface area contributed by atoms with Crippen molar-refractivity contribution in [3.8, 4) is 0 Å². The first-order chi connectivity index (χ1) is 34.0. The van der Waals surface area contributed by atoms with E-state index in [2.05, 4.69) is 116 Å². The van der Waals surface area contributed by atoms with Crippen LogP contribution in [0, 0.1) is 0 Å². The van der Waals surface area contributed by atoms with Crippen LogP contribution in [0.15, 0.2) is 109 Å². The van der Waals surface area contributed by atoms with Gasteiger partial charge in [-0.1, -0.05) is 226 Å². The Hall–Kier alpha value is -2.84. The molecule has 0 saturated carbocycles. The molecule has 70 heavy (non-hydrogen) atoms. The quantitative estimate of drug-likeness (QED) is 0.0272. The van der Waals surface area contributed by atoms with E-state index >= 15 is 0 Å². The molecular weight excluding hydrogens is 888 g/mol. The number of carbonyl (C=O) groups is 1. The van der Waals surface area contributed by atoms with Crippen molar-refractivity contribution in [2.75, 3.05) is 40.9 Å². The van der Waals surface area contributed by atoms with E-state index in [1.165, 1.54) is 109 Å². The largest absolute Gasteiger partial charge is 0.756 e. The van der Waals surface area contributed by atoms with Crippen molar-refractivity contribution in [2.45, 2.75) is 231 Å². The summed E-state index contributed by atoms with van der Waals surface area (Å²) in [5.74, 6) is -0.216. The fourth-order valence-corrected chi connectivity index (χ4v) is 8.26. The summed E-state index contributed by atoms with van der Waals surface area (Å²) in [7, 11) is 1.22. The molecule has 0 bridgehead atoms. The van der Waals surface area contributed by atoms with E-state index < -0.39 is 26.6 Å². The smallest absolute Gasteiger partial charge is 0.268 e. The molecule has 0 aromatic carbocycles. The lowest BCUT2D eigenvalue weighted by molar-refractivity contribution is -0.870. The number of carbonyl (C=O) groups excluding carboxylic acids is 1. The Balaban J connectivity index is 4.08. The lowest BCUT2D eigenvalue weighted by atomic mass is 10.0. The molecule has 1 amide bonds. The van der Waals surface area contributed by atoms with Crippen molar-refractivity contribution in [3.05, 3.63) is 109 Å². The van der Waals surface area contributed by atoms with E-state index in [0.717, 1.165) is 89.9 Å². The van der Waals surface area contributed by atoms with Gasteiger partial charge < -0.3 is 28.8 Å². The molecule has 9 heteroatoms. The number of amides is 1. The maximum atomic E-state index is 12.9. The molecule has 0 fully saturated rings. The Kier molecular flexibility index (Phi) is 49.0. The van der Waals surface area contributed by atoms with E-state index in [0.29, 0.717) is 17.4 Å². The van der Waals surface area contributed by atoms with Crippen LogP contribution in [0.1, 0.15) is 219 Å². The second-order valence-corrected chi connectivity index (χ2v) is 21.3. The van der Waals surface area contributed by atoms with Gasteiger partial charge in [-0.05, 0) is 96.3 Å². The van der Waals surface area contributed by atoms with Crippen LogP contribution < -0.4 is 10.2 Å². The van der Waals surface area contributed by atoms with E-state index in [1.807, 2.05) is 27.2 Å². The predicted octanol–water partition coefficient (Wildman–Crippen LogP) is 16.6. The van der Waals surface area contributed by atoms with Crippen LogP contribution in [0.3, 0.4) is 0 Å². The second-order valence-electron chi connectivity index (χ2n) is 19.9. The summed E-state index contributed by atoms with van der Waals surface area (Å²) >= 11 is 0. The summed E-state index contributed by atoms with van der Waals surface area (Å²) in [4.78, 5) is 25.4. The number of unbranched alkanes of at least 4 members (excludes halogenated alkanes) is 21. The summed E-state index contributed by atoms with van der Waals surface area (Å²) in [6, 6.07) is -0.914. The number of nitrogens with one attached hydrogen (secondary N) is 1. The first-order valence-electron chi connectivity index (χ1n) is 28.2. The van der Waals surface area contributed by atoms with Crippen LogP contribution in [0.5, 0.6) is 0 Å². The molecule has 2 N–H and O–H groups in total. The van der Waals surface area contributed by atoms with Crippen LogP contribution >= 0.6 is 7.82 Å². The zero-order valence-corrected chi connectivity index (χ0v) is 46.6. The Morgan fingerprint density at radius 3 is 1.33 bits per heavy atom. The molecule has 0 rings (SSSR count). The summed E-state index contributed by atoms with van der Waals surface area (Å²) < 4.78 is 23.2. The fourth-order valence-electron chi connectivity index (χ4n) is 7.54. The molecular formula is C61H107N2O6P. The first-order valence-corrected chi connectivity index (χ1v) is 29.7. The minimum absolute atomic E-state index is 0.0129. The Labute approximate surface area is 431 Å². The number of phosphoric acid groups is 1. The number of aliphatic hydroxyl groups is 1. The molecule has 3 unspecified atom stereocenters. The van der Waals surface area contributed by atoms with Gasteiger partial charge in [0.1, 0.15) is 13.2 Å². The molecule has 0 saturated heterocycles. The average molecular weight is 996 g/mol. The highest BCUT2D eigenvalue weighted by atomic mass is 31.2. The van der Waals surface area contributed by atoms with Gasteiger partial charge in [-0.3, -0.25) is 9.36 Å². The predicted molar refractivity (Wildman–Crippen MR) is 302 cm³/mol. The number of nitrogens with zero attached hydrogens (tertiary/aromatic N) is 1. The van der Waals surface area contributed by atoms with Crippen molar-refractivity contribution >= 4 is 13.7 Å². The average Bonchev–Trinajstić information content (AvgIpc) is 3.32. The van der Waals surface area contributed by atoms with Gasteiger partial charge in [0.25, 0.3) is 7.82 Å². The minimum atomic E-state index is -4.61. The van der Waals surface area contributed by atoms with Crippen molar-refractivity contribution < 1.29 is 32.9 Å². The number of phosphoric ester groups is 1. The molecule has 3 atom stereocenters. The van der Waals surface area contributed by atoms with Gasteiger partial charge in [0.05, 0.1) is 39.9 Å². The van der Waals surface area contributed by atoms with Gasteiger partial charge >= 0.3 is 0 Å². The van der Waals surface area contributed by atoms with E-state index in [9.17, 15) is 19.4 Å². The number of hydrogen-bond acceptors (Lipinski definition) is 6. The third-order valence-electron chi connectivity index (χ3n) is 11.9. The molecule has 8 nitrogen and oxygen atoms in total. The fraction of sp³-hybridized carbons (Fsp3) is 0.689. The van der Waals surface area contributed by atoms with Crippen LogP contribution in [0.4, 0.5) is 0 Å².